The summed E-state index contributed by atoms with van der Waals surface area (Å²) in [5.41, 5.74) is 5.11. The zero-order valence-electron chi connectivity index (χ0n) is 18.8. The average Bonchev–Trinajstić information content (AvgIpc) is 3.50. The summed E-state index contributed by atoms with van der Waals surface area (Å²) in [6.45, 7) is 3.53. The Morgan fingerprint density at radius 3 is 2.44 bits per heavy atom. The van der Waals surface area contributed by atoms with Gasteiger partial charge in [-0.2, -0.15) is 0 Å². The van der Waals surface area contributed by atoms with E-state index < -0.39 is 5.97 Å². The van der Waals surface area contributed by atoms with E-state index in [1.54, 1.807) is 17.4 Å². The molecular weight excluding hydrogens is 444 g/mol. The molecule has 0 bridgehead atoms. The van der Waals surface area contributed by atoms with E-state index >= 15 is 0 Å². The fraction of sp³-hybridized carbons (Fsp3) is 0.107. The number of hydrogen-bond donors (Lipinski definition) is 0. The molecule has 0 unspecified atom stereocenters. The van der Waals surface area contributed by atoms with Crippen molar-refractivity contribution in [2.45, 2.75) is 13.8 Å². The Kier molecular flexibility index (Phi) is 5.82. The first kappa shape index (κ1) is 21.8. The lowest BCUT2D eigenvalue weighted by Crippen LogP contribution is -2.15. The maximum Gasteiger partial charge on any atom is 0.339 e. The molecule has 0 atom stereocenters. The van der Waals surface area contributed by atoms with Gasteiger partial charge in [-0.3, -0.25) is 4.79 Å². The van der Waals surface area contributed by atoms with Crippen LogP contribution in [0.3, 0.4) is 0 Å². The second kappa shape index (κ2) is 9.08. The minimum atomic E-state index is -0.540. The molecule has 0 aliphatic rings. The number of pyridine rings is 1. The van der Waals surface area contributed by atoms with Crippen LogP contribution in [0.25, 0.3) is 27.2 Å². The van der Waals surface area contributed by atoms with E-state index in [2.05, 4.69) is 4.98 Å². The van der Waals surface area contributed by atoms with Crippen LogP contribution >= 0.6 is 11.3 Å². The number of thiophene rings is 1. The molecule has 0 aliphatic heterocycles. The van der Waals surface area contributed by atoms with Crippen molar-refractivity contribution in [2.75, 3.05) is 6.61 Å². The molecule has 0 saturated heterocycles. The normalized spacial score (nSPS) is 11.0. The van der Waals surface area contributed by atoms with Gasteiger partial charge >= 0.3 is 5.97 Å². The van der Waals surface area contributed by atoms with Crippen molar-refractivity contribution in [2.24, 2.45) is 0 Å². The van der Waals surface area contributed by atoms with Crippen LogP contribution in [0.15, 0.2) is 84.2 Å². The number of para-hydroxylation sites is 2. The first-order valence-corrected chi connectivity index (χ1v) is 11.8. The molecule has 5 nitrogen and oxygen atoms in total. The first-order chi connectivity index (χ1) is 16.5. The molecule has 168 valence electrons. The summed E-state index contributed by atoms with van der Waals surface area (Å²) in [6.07, 6.45) is 0. The number of ether oxygens (including phenoxy) is 1. The summed E-state index contributed by atoms with van der Waals surface area (Å²) < 4.78 is 7.54. The predicted molar refractivity (Wildman–Crippen MR) is 135 cm³/mol. The number of nitrogens with zero attached hydrogens (tertiary/aromatic N) is 2. The van der Waals surface area contributed by atoms with Crippen LogP contribution in [0.5, 0.6) is 0 Å². The molecule has 0 amide bonds. The second-order valence-corrected chi connectivity index (χ2v) is 8.95. The third-order valence-corrected chi connectivity index (χ3v) is 6.68. The van der Waals surface area contributed by atoms with Gasteiger partial charge in [0.15, 0.2) is 6.61 Å². The Morgan fingerprint density at radius 2 is 1.68 bits per heavy atom. The zero-order chi connectivity index (χ0) is 23.7. The third-order valence-electron chi connectivity index (χ3n) is 5.79. The fourth-order valence-electron chi connectivity index (χ4n) is 4.20. The number of benzene rings is 2. The predicted octanol–water partition coefficient (Wildman–Crippen LogP) is 6.41. The number of rotatable bonds is 6. The van der Waals surface area contributed by atoms with Gasteiger partial charge in [-0.1, -0.05) is 42.5 Å². The molecule has 0 radical (unpaired) electrons. The van der Waals surface area contributed by atoms with Crippen molar-refractivity contribution in [1.82, 2.24) is 9.55 Å². The maximum absolute atomic E-state index is 13.1. The van der Waals surface area contributed by atoms with Crippen LogP contribution < -0.4 is 0 Å². The van der Waals surface area contributed by atoms with Gasteiger partial charge in [-0.25, -0.2) is 9.78 Å². The molecule has 2 aromatic carbocycles. The number of fused-ring (bicyclic) bond motifs is 1. The van der Waals surface area contributed by atoms with E-state index in [4.69, 9.17) is 4.74 Å². The molecular formula is C28H22N2O3S. The summed E-state index contributed by atoms with van der Waals surface area (Å²) in [4.78, 5) is 31.8. The highest BCUT2D eigenvalue weighted by Gasteiger charge is 2.20. The maximum atomic E-state index is 13.1. The highest BCUT2D eigenvalue weighted by molar-refractivity contribution is 7.13. The molecule has 0 fully saturated rings. The van der Waals surface area contributed by atoms with E-state index in [-0.39, 0.29) is 12.4 Å². The molecule has 0 N–H and O–H groups in total. The number of ketones is 1. The van der Waals surface area contributed by atoms with Crippen molar-refractivity contribution >= 4 is 34.0 Å². The lowest BCUT2D eigenvalue weighted by atomic mass is 10.1. The molecule has 0 spiro atoms. The minimum Gasteiger partial charge on any atom is -0.454 e. The molecule has 3 aromatic heterocycles. The van der Waals surface area contributed by atoms with E-state index in [1.807, 2.05) is 96.6 Å². The van der Waals surface area contributed by atoms with Crippen LogP contribution in [0.2, 0.25) is 0 Å². The van der Waals surface area contributed by atoms with E-state index in [0.29, 0.717) is 27.7 Å². The average molecular weight is 467 g/mol. The third kappa shape index (κ3) is 4.04. The number of carbonyl (C=O) groups excluding carboxylic acids is 2. The van der Waals surface area contributed by atoms with Gasteiger partial charge in [0.05, 0.1) is 21.7 Å². The van der Waals surface area contributed by atoms with Crippen molar-refractivity contribution in [3.63, 3.8) is 0 Å². The van der Waals surface area contributed by atoms with Crippen molar-refractivity contribution < 1.29 is 14.3 Å². The first-order valence-electron chi connectivity index (χ1n) is 10.9. The lowest BCUT2D eigenvalue weighted by Gasteiger charge is -2.10. The van der Waals surface area contributed by atoms with Gasteiger partial charge in [0.2, 0.25) is 5.78 Å². The summed E-state index contributed by atoms with van der Waals surface area (Å²) >= 11 is 1.55. The van der Waals surface area contributed by atoms with Gasteiger partial charge in [0.1, 0.15) is 0 Å². The van der Waals surface area contributed by atoms with Gasteiger partial charge in [-0.05, 0) is 55.6 Å². The van der Waals surface area contributed by atoms with Gasteiger partial charge in [-0.15, -0.1) is 11.3 Å². The molecule has 6 heteroatoms. The highest BCUT2D eigenvalue weighted by atomic mass is 32.1. The molecule has 0 saturated carbocycles. The Bertz CT molecular complexity index is 1500. The monoisotopic (exact) mass is 466 g/mol. The van der Waals surface area contributed by atoms with E-state index in [1.165, 1.54) is 0 Å². The Labute approximate surface area is 201 Å². The molecule has 5 aromatic rings. The number of hydrogen-bond acceptors (Lipinski definition) is 5. The number of carbonyl (C=O) groups is 2. The van der Waals surface area contributed by atoms with Gasteiger partial charge < -0.3 is 9.30 Å². The van der Waals surface area contributed by atoms with Crippen LogP contribution in [0.1, 0.15) is 32.1 Å². The SMILES string of the molecule is Cc1cc(C(=O)COC(=O)c2cc(-c3cccs3)nc3ccccc23)c(C)n1-c1ccccc1. The highest BCUT2D eigenvalue weighted by Crippen LogP contribution is 2.28. The molecule has 34 heavy (non-hydrogen) atoms. The Balaban J connectivity index is 1.41. The number of esters is 1. The summed E-state index contributed by atoms with van der Waals surface area (Å²) in [5, 5.41) is 2.66. The number of aromatic nitrogens is 2. The quantitative estimate of drug-likeness (QED) is 0.214. The zero-order valence-corrected chi connectivity index (χ0v) is 19.6. The Morgan fingerprint density at radius 1 is 0.912 bits per heavy atom. The van der Waals surface area contributed by atoms with Crippen molar-refractivity contribution in [3.05, 3.63) is 107 Å². The van der Waals surface area contributed by atoms with Crippen molar-refractivity contribution in [1.29, 1.82) is 0 Å². The molecule has 0 aliphatic carbocycles. The number of Topliss-reactive ketones (excluding diaryl/α,β-unsaturated/α-hetero) is 1. The van der Waals surface area contributed by atoms with Crippen LogP contribution in [0.4, 0.5) is 0 Å². The minimum absolute atomic E-state index is 0.236. The van der Waals surface area contributed by atoms with Crippen molar-refractivity contribution in [3.8, 4) is 16.3 Å². The standard InChI is InChI=1S/C28H22N2O3S/c1-18-15-22(19(2)30(18)20-9-4-3-5-10-20)26(31)17-33-28(32)23-16-25(27-13-8-14-34-27)29-24-12-7-6-11-21(23)24/h3-16H,17H2,1-2H3. The largest absolute Gasteiger partial charge is 0.454 e. The van der Waals surface area contributed by atoms with Crippen LogP contribution in [-0.2, 0) is 4.74 Å². The summed E-state index contributed by atoms with van der Waals surface area (Å²) in [5.74, 6) is -0.776. The Hall–Kier alpha value is -4.03. The van der Waals surface area contributed by atoms with E-state index in [9.17, 15) is 9.59 Å². The van der Waals surface area contributed by atoms with Crippen LogP contribution in [0, 0.1) is 13.8 Å². The number of aryl methyl sites for hydroxylation is 1. The molecule has 3 heterocycles. The second-order valence-electron chi connectivity index (χ2n) is 8.00. The smallest absolute Gasteiger partial charge is 0.339 e. The lowest BCUT2D eigenvalue weighted by molar-refractivity contribution is 0.0476. The van der Waals surface area contributed by atoms with Crippen LogP contribution in [-0.4, -0.2) is 27.9 Å². The van der Waals surface area contributed by atoms with E-state index in [0.717, 1.165) is 22.0 Å². The summed E-state index contributed by atoms with van der Waals surface area (Å²) in [6, 6.07) is 24.8. The fourth-order valence-corrected chi connectivity index (χ4v) is 4.89. The summed E-state index contributed by atoms with van der Waals surface area (Å²) in [7, 11) is 0. The topological polar surface area (TPSA) is 61.2 Å². The van der Waals surface area contributed by atoms with Gasteiger partial charge in [0, 0.05) is 28.0 Å². The van der Waals surface area contributed by atoms with Gasteiger partial charge in [0.25, 0.3) is 0 Å². The molecule has 5 rings (SSSR count).